The quantitative estimate of drug-likeness (QED) is 0.00643. The number of hydrogen-bond acceptors (Lipinski definition) is 24. The standard InChI is InChI=1S/C29H33FN2O4.C28H38BNO5.3C7H7BrFNO.C5H4BrNO.2C3H4F4O3S.C2H5FO.CH2O3.2K.H/c1-21(22-9-11-23(12-10-22)24-13-14-26(33)31(19-24)18-16-30)32-17-15-29(36-27(32)34,20-28(2,3)35)25-7-5-4-6-8-25;1-20(21-13-15-23(16-14-21)29-34-26(4,5)27(6,7)35-29)30-18-17-28(33-24(30)31,19-25(2,3)32)22-11-9-8-10-12-22;8-6-1-2-7(10-5-6)11-4-3-9;2*8-6-1-2-7(11)10(5-6)4-3-9;6-4-1-2-5(8)7-3-4;2*4-1-2-10-11(8,9)3(5,6)7;3-1-2-4;2-1-4-3;;;/h4-14,19,21,35H,15-18,20H2,1-3H3;8-16,20,32H,17-19H2,1-7H3;3*1-2,5H,3-4H2;1-3H,(H,7,8);2*1-2H2;4H,1-2H2;1,3H;;;/q;;;;;;;;;;2*+1;-1/p-1/t21-,29-;20-,28-;;;;;;;;;;;/m00.........../s1. The second-order valence-corrected chi connectivity index (χ2v) is 39.4. The summed E-state index contributed by atoms with van der Waals surface area (Å²) in [6.45, 7) is 12.4. The number of aryl methyl sites for hydroxylation is 3. The molecule has 0 saturated carbocycles. The maximum absolute atomic E-state index is 13.3. The number of aromatic amines is 1. The van der Waals surface area contributed by atoms with Crippen LogP contribution in [0.15, 0.2) is 238 Å². The second kappa shape index (κ2) is 65.6. The first-order valence-electron chi connectivity index (χ1n) is 42.7. The average molecular weight is 2400 g/mol. The minimum atomic E-state index is -5.60. The van der Waals surface area contributed by atoms with Gasteiger partial charge in [0.2, 0.25) is 11.4 Å². The second-order valence-electron chi connectivity index (χ2n) is 32.5. The van der Waals surface area contributed by atoms with E-state index in [1.807, 2.05) is 151 Å². The first kappa shape index (κ1) is 136. The molecule has 2 amide bonds. The number of carbonyl (C=O) groups is 3. The summed E-state index contributed by atoms with van der Waals surface area (Å²) in [5.74, 6) is 0.450. The topological polar surface area (TPSA) is 395 Å². The SMILES string of the molecule is C[C@@H](c1ccc(-c2ccc(=O)n(CCF)c2)cc1)N1CC[C@](CC(C)(C)O)(c2ccccc2)OC1=O.C[C@@H](c1ccc(B2OC(C)(C)C(C)(C)O2)cc1)N1CC[C@](CC(C)(C)O)(c2ccccc2)OC1=O.FCCOc1ccc(Br)cn1.O=CO[O-].O=S(=O)(OCCF)C(F)(F)F.O=S(=O)(OCCF)C(F)(F)F.O=c1ccc(Br)c[nH]1.O=c1ccc(Br)cn1CCF.O=c1ccc(Br)cn1CCF.OCCF.[H-].[K+].[K+]. The van der Waals surface area contributed by atoms with E-state index in [4.69, 9.17) is 38.7 Å². The Morgan fingerprint density at radius 2 is 0.861 bits per heavy atom. The molecule has 52 heteroatoms. The zero-order valence-electron chi connectivity index (χ0n) is 81.4. The normalized spacial score (nSPS) is 16.0. The van der Waals surface area contributed by atoms with Crippen molar-refractivity contribution in [2.45, 2.75) is 171 Å². The molecule has 3 aliphatic rings. The molecule has 3 aliphatic heterocycles. The largest absolute Gasteiger partial charge is 1.00 e. The Morgan fingerprint density at radius 3 is 1.17 bits per heavy atom. The molecule has 8 heterocycles. The van der Waals surface area contributed by atoms with Crippen molar-refractivity contribution in [3.8, 4) is 17.0 Å². The third-order valence-electron chi connectivity index (χ3n) is 20.1. The number of nitrogens with one attached hydrogen (secondary N) is 1. The third-order valence-corrected chi connectivity index (χ3v) is 24.1. The van der Waals surface area contributed by atoms with Crippen LogP contribution >= 0.6 is 63.7 Å². The van der Waals surface area contributed by atoms with Gasteiger partial charge in [0.1, 0.15) is 64.5 Å². The summed E-state index contributed by atoms with van der Waals surface area (Å²) in [4.78, 5) is 91.8. The molecule has 0 aliphatic carbocycles. The molecule has 30 nitrogen and oxygen atoms in total. The van der Waals surface area contributed by atoms with E-state index in [9.17, 15) is 113 Å². The summed E-state index contributed by atoms with van der Waals surface area (Å²) in [6, 6.07) is 50.7. The number of nitrogens with zero attached hydrogens (tertiary/aromatic N) is 6. The molecule has 0 spiro atoms. The molecule has 788 valence electrons. The van der Waals surface area contributed by atoms with Crippen LogP contribution in [0.5, 0.6) is 5.88 Å². The number of cyclic esters (lactones) is 2. The van der Waals surface area contributed by atoms with Crippen LogP contribution in [0.3, 0.4) is 0 Å². The summed E-state index contributed by atoms with van der Waals surface area (Å²) < 4.78 is 232. The average Bonchev–Trinajstić information content (AvgIpc) is 1.26. The van der Waals surface area contributed by atoms with Gasteiger partial charge in [-0.2, -0.15) is 43.2 Å². The van der Waals surface area contributed by atoms with Crippen LogP contribution in [0, 0.1) is 0 Å². The van der Waals surface area contributed by atoms with Gasteiger partial charge in [0.05, 0.1) is 73.9 Å². The Hall–Kier alpha value is -6.43. The molecule has 4 aromatic carbocycles. The number of amides is 2. The van der Waals surface area contributed by atoms with Crippen LogP contribution in [0.2, 0.25) is 0 Å². The van der Waals surface area contributed by atoms with Crippen LogP contribution in [0.1, 0.15) is 131 Å². The summed E-state index contributed by atoms with van der Waals surface area (Å²) >= 11 is 12.8. The monoisotopic (exact) mass is 2400 g/mol. The number of aliphatic hydroxyl groups excluding tert-OH is 1. The molecule has 4 N–H and O–H groups in total. The number of ether oxygens (including phenoxy) is 3. The van der Waals surface area contributed by atoms with E-state index in [2.05, 4.69) is 86.9 Å². The molecule has 0 radical (unpaired) electrons. The van der Waals surface area contributed by atoms with E-state index < -0.39 is 138 Å². The molecule has 5 aromatic heterocycles. The molecular formula is C92H111BBr4F13K2N7O23S2. The van der Waals surface area contributed by atoms with Gasteiger partial charge in [-0.05, 0) is 202 Å². The fraction of sp³-hybridized carbons (Fsp3) is 0.435. The number of alkyl halides is 13. The zero-order valence-corrected chi connectivity index (χ0v) is 94.7. The van der Waals surface area contributed by atoms with Crippen LogP contribution in [0.4, 0.5) is 66.7 Å². The number of H-pyrrole nitrogens is 1. The predicted octanol–water partition coefficient (Wildman–Crippen LogP) is 11.0. The van der Waals surface area contributed by atoms with Crippen molar-refractivity contribution in [2.24, 2.45) is 0 Å². The zero-order chi connectivity index (χ0) is 107. The maximum atomic E-state index is 13.3. The van der Waals surface area contributed by atoms with Gasteiger partial charge in [-0.1, -0.05) is 109 Å². The molecular weight excluding hydrogens is 2290 g/mol. The van der Waals surface area contributed by atoms with Gasteiger partial charge < -0.3 is 78.9 Å². The van der Waals surface area contributed by atoms with E-state index in [1.165, 1.54) is 38.0 Å². The van der Waals surface area contributed by atoms with Crippen LogP contribution < -0.4 is 140 Å². The van der Waals surface area contributed by atoms with Crippen molar-refractivity contribution >= 4 is 115 Å². The molecule has 9 aromatic rings. The molecule has 3 fully saturated rings. The number of aromatic nitrogens is 5. The van der Waals surface area contributed by atoms with Gasteiger partial charge in [-0.3, -0.25) is 32.3 Å². The van der Waals surface area contributed by atoms with Crippen LogP contribution in [-0.2, 0) is 87.9 Å². The van der Waals surface area contributed by atoms with Crippen molar-refractivity contribution < 1.29 is 250 Å². The number of halogens is 17. The molecule has 12 rings (SSSR count). The van der Waals surface area contributed by atoms with Crippen LogP contribution in [-0.4, -0.2) is 211 Å². The number of aliphatic hydroxyl groups is 3. The summed E-state index contributed by atoms with van der Waals surface area (Å²) in [7, 11) is -11.6. The van der Waals surface area contributed by atoms with Crippen LogP contribution in [0.25, 0.3) is 11.1 Å². The molecule has 3 saturated heterocycles. The minimum Gasteiger partial charge on any atom is -1.00 e. The Labute approximate surface area is 945 Å². The fourth-order valence-corrected chi connectivity index (χ4v) is 15.0. The minimum absolute atomic E-state index is 0. The van der Waals surface area contributed by atoms with E-state index in [1.54, 1.807) is 105 Å². The summed E-state index contributed by atoms with van der Waals surface area (Å²) in [5.41, 5.74) is -9.70. The van der Waals surface area contributed by atoms with E-state index in [-0.39, 0.29) is 184 Å². The van der Waals surface area contributed by atoms with Crippen molar-refractivity contribution in [3.05, 3.63) is 282 Å². The number of hydrogen-bond donors (Lipinski definition) is 4. The number of benzene rings is 4. The van der Waals surface area contributed by atoms with Gasteiger partial charge in [-0.15, -0.1) is 0 Å². The molecule has 144 heavy (non-hydrogen) atoms. The van der Waals surface area contributed by atoms with Gasteiger partial charge >= 0.3 is 153 Å². The Bertz CT molecular complexity index is 5670. The Morgan fingerprint density at radius 1 is 0.507 bits per heavy atom. The summed E-state index contributed by atoms with van der Waals surface area (Å²) in [6.07, 6.45) is 9.02. The summed E-state index contributed by atoms with van der Waals surface area (Å²) in [5, 5.41) is 37.1. The van der Waals surface area contributed by atoms with E-state index >= 15 is 0 Å². The predicted molar refractivity (Wildman–Crippen MR) is 517 cm³/mol. The van der Waals surface area contributed by atoms with Crippen molar-refractivity contribution in [3.63, 3.8) is 0 Å². The molecule has 0 bridgehead atoms. The van der Waals surface area contributed by atoms with E-state index in [0.29, 0.717) is 44.7 Å². The van der Waals surface area contributed by atoms with Crippen molar-refractivity contribution in [1.82, 2.24) is 33.5 Å². The first-order valence-corrected chi connectivity index (χ1v) is 48.7. The number of rotatable bonds is 29. The fourth-order valence-electron chi connectivity index (χ4n) is 12.9. The maximum Gasteiger partial charge on any atom is 1.00 e. The molecule has 4 atom stereocenters. The Balaban J connectivity index is 0.00000173. The van der Waals surface area contributed by atoms with Gasteiger partial charge in [-0.25, -0.2) is 45.3 Å². The number of pyridine rings is 5. The van der Waals surface area contributed by atoms with E-state index in [0.717, 1.165) is 56.7 Å². The Kier molecular flexibility index (Phi) is 61.8. The van der Waals surface area contributed by atoms with Gasteiger partial charge in [0, 0.05) is 118 Å². The smallest absolute Gasteiger partial charge is 1.00 e. The van der Waals surface area contributed by atoms with Crippen molar-refractivity contribution in [1.29, 1.82) is 0 Å². The molecule has 0 unspecified atom stereocenters. The van der Waals surface area contributed by atoms with Gasteiger partial charge in [0.15, 0.2) is 0 Å². The third kappa shape index (κ3) is 47.0. The van der Waals surface area contributed by atoms with Crippen molar-refractivity contribution in [2.75, 3.05) is 86.2 Å². The van der Waals surface area contributed by atoms with Gasteiger partial charge in [0.25, 0.3) is 23.2 Å². The first-order chi connectivity index (χ1) is 66.4. The number of carbonyl (C=O) groups excluding carboxylic acids is 3.